The van der Waals surface area contributed by atoms with Gasteiger partial charge in [0.25, 0.3) is 0 Å². The zero-order chi connectivity index (χ0) is 10.7. The smallest absolute Gasteiger partial charge is 0.134 e. The summed E-state index contributed by atoms with van der Waals surface area (Å²) in [6, 6.07) is 1.74. The fourth-order valence-corrected chi connectivity index (χ4v) is 1.81. The Morgan fingerprint density at radius 2 is 2.13 bits per heavy atom. The van der Waals surface area contributed by atoms with Crippen LogP contribution in [0.3, 0.4) is 0 Å². The SMILES string of the molecule is CC1(Nc2cc(Cl)ncn2)CCOCC1. The maximum absolute atomic E-state index is 5.79. The minimum absolute atomic E-state index is 0.0515. The van der Waals surface area contributed by atoms with E-state index in [0.717, 1.165) is 31.9 Å². The number of anilines is 1. The van der Waals surface area contributed by atoms with E-state index >= 15 is 0 Å². The highest BCUT2D eigenvalue weighted by molar-refractivity contribution is 6.29. The molecule has 1 aliphatic heterocycles. The lowest BCUT2D eigenvalue weighted by molar-refractivity contribution is 0.0657. The van der Waals surface area contributed by atoms with Gasteiger partial charge in [0.05, 0.1) is 0 Å². The molecule has 1 N–H and O–H groups in total. The van der Waals surface area contributed by atoms with Gasteiger partial charge in [0.1, 0.15) is 17.3 Å². The van der Waals surface area contributed by atoms with E-state index in [1.807, 2.05) is 0 Å². The van der Waals surface area contributed by atoms with Crippen LogP contribution in [-0.2, 0) is 4.74 Å². The summed E-state index contributed by atoms with van der Waals surface area (Å²) in [4.78, 5) is 7.98. The van der Waals surface area contributed by atoms with Gasteiger partial charge >= 0.3 is 0 Å². The third-order valence-corrected chi connectivity index (χ3v) is 2.87. The average molecular weight is 228 g/mol. The summed E-state index contributed by atoms with van der Waals surface area (Å²) in [5.74, 6) is 0.777. The van der Waals surface area contributed by atoms with Gasteiger partial charge in [-0.15, -0.1) is 0 Å². The monoisotopic (exact) mass is 227 g/mol. The minimum atomic E-state index is 0.0515. The molecule has 1 saturated heterocycles. The van der Waals surface area contributed by atoms with E-state index < -0.39 is 0 Å². The number of aromatic nitrogens is 2. The van der Waals surface area contributed by atoms with Gasteiger partial charge in [0, 0.05) is 24.8 Å². The Morgan fingerprint density at radius 3 is 2.80 bits per heavy atom. The third kappa shape index (κ3) is 2.79. The summed E-state index contributed by atoms with van der Waals surface area (Å²) in [6.07, 6.45) is 3.43. The summed E-state index contributed by atoms with van der Waals surface area (Å²) >= 11 is 5.79. The number of ether oxygens (including phenoxy) is 1. The zero-order valence-corrected chi connectivity index (χ0v) is 9.42. The molecule has 0 saturated carbocycles. The standard InChI is InChI=1S/C10H14ClN3O/c1-10(2-4-15-5-3-10)14-9-6-8(11)12-7-13-9/h6-7H,2-5H2,1H3,(H,12,13,14). The minimum Gasteiger partial charge on any atom is -0.381 e. The van der Waals surface area contributed by atoms with Gasteiger partial charge in [-0.05, 0) is 19.8 Å². The molecule has 0 unspecified atom stereocenters. The first-order valence-electron chi connectivity index (χ1n) is 5.01. The molecule has 5 heteroatoms. The second kappa shape index (κ2) is 4.33. The van der Waals surface area contributed by atoms with E-state index in [9.17, 15) is 0 Å². The molecule has 0 aromatic carbocycles. The topological polar surface area (TPSA) is 47.0 Å². The van der Waals surface area contributed by atoms with E-state index in [1.54, 1.807) is 6.07 Å². The summed E-state index contributed by atoms with van der Waals surface area (Å²) in [7, 11) is 0. The second-order valence-electron chi connectivity index (χ2n) is 4.02. The lowest BCUT2D eigenvalue weighted by Gasteiger charge is -2.34. The highest BCUT2D eigenvalue weighted by Gasteiger charge is 2.27. The lowest BCUT2D eigenvalue weighted by Crippen LogP contribution is -2.40. The van der Waals surface area contributed by atoms with E-state index in [0.29, 0.717) is 5.15 Å². The van der Waals surface area contributed by atoms with Crippen LogP contribution in [0.5, 0.6) is 0 Å². The first-order chi connectivity index (χ1) is 7.18. The molecule has 0 atom stereocenters. The van der Waals surface area contributed by atoms with Gasteiger partial charge < -0.3 is 10.1 Å². The summed E-state index contributed by atoms with van der Waals surface area (Å²) in [5.41, 5.74) is 0.0515. The van der Waals surface area contributed by atoms with E-state index in [4.69, 9.17) is 16.3 Å². The Bertz CT molecular complexity index is 339. The molecule has 1 aromatic heterocycles. The molecule has 1 aliphatic rings. The van der Waals surface area contributed by atoms with E-state index in [2.05, 4.69) is 22.2 Å². The van der Waals surface area contributed by atoms with Crippen LogP contribution in [0.2, 0.25) is 5.15 Å². The van der Waals surface area contributed by atoms with Gasteiger partial charge in [-0.25, -0.2) is 9.97 Å². The molecule has 0 bridgehead atoms. The van der Waals surface area contributed by atoms with Crippen molar-refractivity contribution in [3.05, 3.63) is 17.5 Å². The summed E-state index contributed by atoms with van der Waals surface area (Å²) < 4.78 is 5.33. The molecular weight excluding hydrogens is 214 g/mol. The Labute approximate surface area is 94.0 Å². The highest BCUT2D eigenvalue weighted by Crippen LogP contribution is 2.24. The van der Waals surface area contributed by atoms with Crippen LogP contribution < -0.4 is 5.32 Å². The van der Waals surface area contributed by atoms with E-state index in [-0.39, 0.29) is 5.54 Å². The first kappa shape index (κ1) is 10.6. The average Bonchev–Trinajstić information content (AvgIpc) is 2.18. The fourth-order valence-electron chi connectivity index (χ4n) is 1.66. The second-order valence-corrected chi connectivity index (χ2v) is 4.41. The van der Waals surface area contributed by atoms with Gasteiger partial charge in [-0.3, -0.25) is 0 Å². The first-order valence-corrected chi connectivity index (χ1v) is 5.39. The maximum Gasteiger partial charge on any atom is 0.134 e. The van der Waals surface area contributed by atoms with Crippen molar-refractivity contribution >= 4 is 17.4 Å². The molecule has 0 spiro atoms. The normalized spacial score (nSPS) is 19.9. The zero-order valence-electron chi connectivity index (χ0n) is 8.66. The molecule has 82 valence electrons. The molecule has 0 amide bonds. The van der Waals surface area contributed by atoms with Gasteiger partial charge in [0.15, 0.2) is 0 Å². The highest BCUT2D eigenvalue weighted by atomic mass is 35.5. The third-order valence-electron chi connectivity index (χ3n) is 2.66. The van der Waals surface area contributed by atoms with Crippen LogP contribution in [0.1, 0.15) is 19.8 Å². The van der Waals surface area contributed by atoms with Crippen molar-refractivity contribution < 1.29 is 4.74 Å². The van der Waals surface area contributed by atoms with Crippen molar-refractivity contribution in [2.45, 2.75) is 25.3 Å². The molecule has 15 heavy (non-hydrogen) atoms. The van der Waals surface area contributed by atoms with Crippen LogP contribution in [0.4, 0.5) is 5.82 Å². The van der Waals surface area contributed by atoms with Gasteiger partial charge in [0.2, 0.25) is 0 Å². The Kier molecular flexibility index (Phi) is 3.07. The van der Waals surface area contributed by atoms with Crippen LogP contribution in [0.25, 0.3) is 0 Å². The molecule has 2 heterocycles. The summed E-state index contributed by atoms with van der Waals surface area (Å²) in [6.45, 7) is 3.76. The Hall–Kier alpha value is -0.870. The van der Waals surface area contributed by atoms with Crippen LogP contribution in [-0.4, -0.2) is 28.7 Å². The van der Waals surface area contributed by atoms with Gasteiger partial charge in [-0.1, -0.05) is 11.6 Å². The molecule has 4 nitrogen and oxygen atoms in total. The number of halogens is 1. The molecule has 0 aliphatic carbocycles. The van der Waals surface area contributed by atoms with Crippen LogP contribution in [0.15, 0.2) is 12.4 Å². The Morgan fingerprint density at radius 1 is 1.40 bits per heavy atom. The number of hydrogen-bond donors (Lipinski definition) is 1. The number of nitrogens with zero attached hydrogens (tertiary/aromatic N) is 2. The van der Waals surface area contributed by atoms with Crippen molar-refractivity contribution in [3.8, 4) is 0 Å². The number of rotatable bonds is 2. The van der Waals surface area contributed by atoms with E-state index in [1.165, 1.54) is 6.33 Å². The predicted molar refractivity (Wildman–Crippen MR) is 59.1 cm³/mol. The fraction of sp³-hybridized carbons (Fsp3) is 0.600. The Balaban J connectivity index is 2.06. The van der Waals surface area contributed by atoms with Crippen LogP contribution >= 0.6 is 11.6 Å². The molecule has 1 fully saturated rings. The molecular formula is C10H14ClN3O. The summed E-state index contributed by atoms with van der Waals surface area (Å²) in [5, 5.41) is 3.84. The van der Waals surface area contributed by atoms with Crippen molar-refractivity contribution in [1.29, 1.82) is 0 Å². The van der Waals surface area contributed by atoms with Gasteiger partial charge in [-0.2, -0.15) is 0 Å². The molecule has 2 rings (SSSR count). The molecule has 1 aromatic rings. The lowest BCUT2D eigenvalue weighted by atomic mass is 9.92. The quantitative estimate of drug-likeness (QED) is 0.787. The predicted octanol–water partition coefficient (Wildman–Crippen LogP) is 2.11. The number of hydrogen-bond acceptors (Lipinski definition) is 4. The maximum atomic E-state index is 5.79. The van der Waals surface area contributed by atoms with Crippen LogP contribution in [0, 0.1) is 0 Å². The van der Waals surface area contributed by atoms with Crippen molar-refractivity contribution in [1.82, 2.24) is 9.97 Å². The largest absolute Gasteiger partial charge is 0.381 e. The van der Waals surface area contributed by atoms with Crippen molar-refractivity contribution in [2.24, 2.45) is 0 Å². The number of nitrogens with one attached hydrogen (secondary N) is 1. The van der Waals surface area contributed by atoms with Crippen molar-refractivity contribution in [2.75, 3.05) is 18.5 Å². The molecule has 0 radical (unpaired) electrons. The van der Waals surface area contributed by atoms with Crippen molar-refractivity contribution in [3.63, 3.8) is 0 Å².